The van der Waals surface area contributed by atoms with Crippen LogP contribution in [0.4, 0.5) is 10.5 Å². The number of amides is 2. The van der Waals surface area contributed by atoms with E-state index in [-0.39, 0.29) is 11.6 Å². The number of hydrogen-bond acceptors (Lipinski definition) is 2. The molecule has 5 nitrogen and oxygen atoms in total. The minimum atomic E-state index is -1.07. The SMILES string of the molecule is O=C(O)/C=C/CNC(=O)Nc1cccc(Cl)c1Cl. The molecule has 1 aromatic carbocycles. The van der Waals surface area contributed by atoms with Gasteiger partial charge in [0.25, 0.3) is 0 Å². The Bertz CT molecular complexity index is 489. The Hall–Kier alpha value is -1.72. The molecule has 0 radical (unpaired) electrons. The second kappa shape index (κ2) is 6.88. The highest BCUT2D eigenvalue weighted by atomic mass is 35.5. The fourth-order valence-electron chi connectivity index (χ4n) is 1.08. The van der Waals surface area contributed by atoms with Gasteiger partial charge < -0.3 is 15.7 Å². The van der Waals surface area contributed by atoms with Crippen LogP contribution in [0.25, 0.3) is 0 Å². The van der Waals surface area contributed by atoms with Crippen LogP contribution in [-0.4, -0.2) is 23.7 Å². The van der Waals surface area contributed by atoms with Crippen LogP contribution in [0, 0.1) is 0 Å². The topological polar surface area (TPSA) is 78.4 Å². The Labute approximate surface area is 113 Å². The number of hydrogen-bond donors (Lipinski definition) is 3. The largest absolute Gasteiger partial charge is 0.478 e. The van der Waals surface area contributed by atoms with Crippen LogP contribution in [0.15, 0.2) is 30.4 Å². The number of rotatable bonds is 4. The number of carboxylic acids is 1. The highest BCUT2D eigenvalue weighted by Gasteiger charge is 2.06. The first-order valence-electron chi connectivity index (χ1n) is 4.89. The summed E-state index contributed by atoms with van der Waals surface area (Å²) in [5, 5.41) is 13.8. The van der Waals surface area contributed by atoms with E-state index in [4.69, 9.17) is 28.3 Å². The molecular formula is C11H10Cl2N2O3. The third-order valence-corrected chi connectivity index (χ3v) is 2.66. The second-order valence-corrected chi connectivity index (χ2v) is 3.96. The molecule has 0 fully saturated rings. The summed E-state index contributed by atoms with van der Waals surface area (Å²) in [5.74, 6) is -1.07. The van der Waals surface area contributed by atoms with E-state index in [1.807, 2.05) is 0 Å². The molecule has 0 aromatic heterocycles. The van der Waals surface area contributed by atoms with Gasteiger partial charge in [-0.25, -0.2) is 9.59 Å². The number of urea groups is 1. The van der Waals surface area contributed by atoms with Crippen LogP contribution in [0.2, 0.25) is 10.0 Å². The monoisotopic (exact) mass is 288 g/mol. The molecule has 7 heteroatoms. The van der Waals surface area contributed by atoms with Crippen LogP contribution in [-0.2, 0) is 4.79 Å². The van der Waals surface area contributed by atoms with Crippen LogP contribution < -0.4 is 10.6 Å². The zero-order chi connectivity index (χ0) is 13.5. The number of carbonyl (C=O) groups excluding carboxylic acids is 1. The van der Waals surface area contributed by atoms with E-state index in [9.17, 15) is 9.59 Å². The molecule has 0 saturated heterocycles. The molecule has 0 saturated carbocycles. The van der Waals surface area contributed by atoms with Gasteiger partial charge >= 0.3 is 12.0 Å². The number of nitrogens with one attached hydrogen (secondary N) is 2. The van der Waals surface area contributed by atoms with Gasteiger partial charge in [-0.2, -0.15) is 0 Å². The van der Waals surface area contributed by atoms with E-state index in [2.05, 4.69) is 10.6 Å². The van der Waals surface area contributed by atoms with Crippen molar-refractivity contribution in [3.05, 3.63) is 40.4 Å². The maximum Gasteiger partial charge on any atom is 0.328 e. The molecule has 96 valence electrons. The quantitative estimate of drug-likeness (QED) is 0.746. The van der Waals surface area contributed by atoms with Crippen molar-refractivity contribution in [3.63, 3.8) is 0 Å². The van der Waals surface area contributed by atoms with Crippen LogP contribution in [0.5, 0.6) is 0 Å². The van der Waals surface area contributed by atoms with Crippen molar-refractivity contribution in [2.24, 2.45) is 0 Å². The van der Waals surface area contributed by atoms with Gasteiger partial charge in [0.1, 0.15) is 0 Å². The van der Waals surface area contributed by atoms with Crippen molar-refractivity contribution in [1.82, 2.24) is 5.32 Å². The highest BCUT2D eigenvalue weighted by Crippen LogP contribution is 2.29. The van der Waals surface area contributed by atoms with E-state index in [0.717, 1.165) is 6.08 Å². The van der Waals surface area contributed by atoms with Gasteiger partial charge in [0.05, 0.1) is 15.7 Å². The maximum atomic E-state index is 11.4. The zero-order valence-corrected chi connectivity index (χ0v) is 10.6. The third-order valence-electron chi connectivity index (χ3n) is 1.84. The van der Waals surface area contributed by atoms with E-state index in [1.54, 1.807) is 18.2 Å². The number of benzene rings is 1. The van der Waals surface area contributed by atoms with E-state index >= 15 is 0 Å². The van der Waals surface area contributed by atoms with Gasteiger partial charge in [-0.3, -0.25) is 0 Å². The zero-order valence-electron chi connectivity index (χ0n) is 9.11. The summed E-state index contributed by atoms with van der Waals surface area (Å²) < 4.78 is 0. The van der Waals surface area contributed by atoms with Gasteiger partial charge in [0, 0.05) is 12.6 Å². The van der Waals surface area contributed by atoms with Gasteiger partial charge in [0.15, 0.2) is 0 Å². The van der Waals surface area contributed by atoms with Gasteiger partial charge in [-0.1, -0.05) is 35.3 Å². The molecule has 0 aliphatic heterocycles. The fourth-order valence-corrected chi connectivity index (χ4v) is 1.43. The summed E-state index contributed by atoms with van der Waals surface area (Å²) in [5.41, 5.74) is 0.379. The van der Waals surface area contributed by atoms with E-state index in [1.165, 1.54) is 6.08 Å². The Balaban J connectivity index is 2.50. The molecule has 0 atom stereocenters. The first kappa shape index (κ1) is 14.3. The number of halogens is 2. The Morgan fingerprint density at radius 2 is 2.06 bits per heavy atom. The molecule has 0 aliphatic carbocycles. The van der Waals surface area contributed by atoms with Gasteiger partial charge in [-0.05, 0) is 12.1 Å². The molecule has 18 heavy (non-hydrogen) atoms. The van der Waals surface area contributed by atoms with E-state index in [0.29, 0.717) is 10.7 Å². The lowest BCUT2D eigenvalue weighted by Crippen LogP contribution is -2.28. The van der Waals surface area contributed by atoms with Crippen molar-refractivity contribution in [2.45, 2.75) is 0 Å². The average Bonchev–Trinajstić information content (AvgIpc) is 2.30. The molecule has 0 spiro atoms. The van der Waals surface area contributed by atoms with Crippen molar-refractivity contribution < 1.29 is 14.7 Å². The highest BCUT2D eigenvalue weighted by molar-refractivity contribution is 6.43. The normalized spacial score (nSPS) is 10.3. The predicted octanol–water partition coefficient (Wildman–Crippen LogP) is 2.76. The summed E-state index contributed by atoms with van der Waals surface area (Å²) in [4.78, 5) is 21.6. The Morgan fingerprint density at radius 1 is 1.33 bits per heavy atom. The first-order valence-corrected chi connectivity index (χ1v) is 5.64. The van der Waals surface area contributed by atoms with Gasteiger partial charge in [0.2, 0.25) is 0 Å². The second-order valence-electron chi connectivity index (χ2n) is 3.18. The predicted molar refractivity (Wildman–Crippen MR) is 70.3 cm³/mol. The van der Waals surface area contributed by atoms with Crippen LogP contribution >= 0.6 is 23.2 Å². The molecule has 3 N–H and O–H groups in total. The average molecular weight is 289 g/mol. The molecule has 0 unspecified atom stereocenters. The molecule has 0 heterocycles. The molecular weight excluding hydrogens is 279 g/mol. The number of aliphatic carboxylic acids is 1. The smallest absolute Gasteiger partial charge is 0.328 e. The summed E-state index contributed by atoms with van der Waals surface area (Å²) in [6.07, 6.45) is 2.24. The van der Waals surface area contributed by atoms with E-state index < -0.39 is 12.0 Å². The first-order chi connectivity index (χ1) is 8.50. The number of carbonyl (C=O) groups is 2. The van der Waals surface area contributed by atoms with Crippen molar-refractivity contribution in [2.75, 3.05) is 11.9 Å². The molecule has 1 aromatic rings. The van der Waals surface area contributed by atoms with Crippen molar-refractivity contribution >= 4 is 40.9 Å². The third kappa shape index (κ3) is 4.65. The fraction of sp³-hybridized carbons (Fsp3) is 0.0909. The van der Waals surface area contributed by atoms with Crippen LogP contribution in [0.3, 0.4) is 0 Å². The van der Waals surface area contributed by atoms with Crippen molar-refractivity contribution in [1.29, 1.82) is 0 Å². The molecule has 1 rings (SSSR count). The summed E-state index contributed by atoms with van der Waals surface area (Å²) in [6.45, 7) is 0.0936. The maximum absolute atomic E-state index is 11.4. The van der Waals surface area contributed by atoms with Crippen molar-refractivity contribution in [3.8, 4) is 0 Å². The lowest BCUT2D eigenvalue weighted by molar-refractivity contribution is -0.131. The Morgan fingerprint density at radius 3 is 2.72 bits per heavy atom. The standard InChI is InChI=1S/C11H10Cl2N2O3/c12-7-3-1-4-8(10(7)13)15-11(18)14-6-2-5-9(16)17/h1-5H,6H2,(H,16,17)(H2,14,15,18)/b5-2+. The van der Waals surface area contributed by atoms with Gasteiger partial charge in [-0.15, -0.1) is 0 Å². The molecule has 0 aliphatic rings. The number of anilines is 1. The minimum Gasteiger partial charge on any atom is -0.478 e. The minimum absolute atomic E-state index is 0.0936. The molecule has 0 bridgehead atoms. The lowest BCUT2D eigenvalue weighted by Gasteiger charge is -2.08. The number of carboxylic acid groups (broad SMARTS) is 1. The summed E-state index contributed by atoms with van der Waals surface area (Å²) in [6, 6.07) is 4.34. The Kier molecular flexibility index (Phi) is 5.48. The molecule has 2 amide bonds. The summed E-state index contributed by atoms with van der Waals surface area (Å²) in [7, 11) is 0. The van der Waals surface area contributed by atoms with Crippen LogP contribution in [0.1, 0.15) is 0 Å². The lowest BCUT2D eigenvalue weighted by atomic mass is 10.3. The summed E-state index contributed by atoms with van der Waals surface area (Å²) >= 11 is 11.7.